The van der Waals surface area contributed by atoms with Gasteiger partial charge in [0.2, 0.25) is 0 Å². The van der Waals surface area contributed by atoms with E-state index in [1.165, 1.54) is 0 Å². The molecule has 0 bridgehead atoms. The fraction of sp³-hybridized carbons (Fsp3) is 0.429. The summed E-state index contributed by atoms with van der Waals surface area (Å²) >= 11 is 0. The molecule has 2 N–H and O–H groups in total. The van der Waals surface area contributed by atoms with Gasteiger partial charge in [0.25, 0.3) is 0 Å². The molecule has 7 nitrogen and oxygen atoms in total. The molecule has 1 aromatic carbocycles. The highest BCUT2D eigenvalue weighted by Crippen LogP contribution is 2.02. The SMILES string of the molecule is O=C(O)CN1CCN(NC(=O)OCc2ccccc2)CC1. The highest BCUT2D eigenvalue weighted by molar-refractivity contribution is 5.69. The molecule has 1 aliphatic rings. The van der Waals surface area contributed by atoms with E-state index >= 15 is 0 Å². The normalized spacial score (nSPS) is 16.4. The number of carbonyl (C=O) groups is 2. The maximum atomic E-state index is 11.7. The Morgan fingerprint density at radius 3 is 2.43 bits per heavy atom. The van der Waals surface area contributed by atoms with Crippen LogP contribution in [0.2, 0.25) is 0 Å². The number of amides is 1. The number of benzene rings is 1. The molecular formula is C14H19N3O4. The third-order valence-corrected chi connectivity index (χ3v) is 3.19. The molecule has 0 atom stereocenters. The first-order valence-electron chi connectivity index (χ1n) is 6.80. The highest BCUT2D eigenvalue weighted by atomic mass is 16.6. The maximum absolute atomic E-state index is 11.7. The lowest BCUT2D eigenvalue weighted by molar-refractivity contribution is -0.138. The predicted molar refractivity (Wildman–Crippen MR) is 75.4 cm³/mol. The van der Waals surface area contributed by atoms with Gasteiger partial charge >= 0.3 is 12.1 Å². The molecular weight excluding hydrogens is 274 g/mol. The summed E-state index contributed by atoms with van der Waals surface area (Å²) in [7, 11) is 0. The van der Waals surface area contributed by atoms with E-state index in [0.717, 1.165) is 5.56 Å². The van der Waals surface area contributed by atoms with Crippen molar-refractivity contribution in [3.05, 3.63) is 35.9 Å². The Bertz CT molecular complexity index is 472. The molecule has 7 heteroatoms. The summed E-state index contributed by atoms with van der Waals surface area (Å²) in [5.74, 6) is -0.835. The smallest absolute Gasteiger partial charge is 0.422 e. The van der Waals surface area contributed by atoms with Crippen molar-refractivity contribution in [1.82, 2.24) is 15.3 Å². The molecule has 114 valence electrons. The van der Waals surface area contributed by atoms with E-state index in [-0.39, 0.29) is 13.2 Å². The Kier molecular flexibility index (Phi) is 5.53. The largest absolute Gasteiger partial charge is 0.480 e. The van der Waals surface area contributed by atoms with Gasteiger partial charge in [-0.05, 0) is 5.56 Å². The Balaban J connectivity index is 1.66. The van der Waals surface area contributed by atoms with Gasteiger partial charge in [-0.1, -0.05) is 30.3 Å². The van der Waals surface area contributed by atoms with Gasteiger partial charge in [0.05, 0.1) is 6.54 Å². The first-order valence-corrected chi connectivity index (χ1v) is 6.80. The van der Waals surface area contributed by atoms with Gasteiger partial charge in [-0.3, -0.25) is 15.1 Å². The number of ether oxygens (including phenoxy) is 1. The van der Waals surface area contributed by atoms with Crippen molar-refractivity contribution >= 4 is 12.1 Å². The number of carboxylic acid groups (broad SMARTS) is 1. The first-order chi connectivity index (χ1) is 10.1. The monoisotopic (exact) mass is 293 g/mol. The minimum Gasteiger partial charge on any atom is -0.480 e. The van der Waals surface area contributed by atoms with E-state index in [9.17, 15) is 9.59 Å². The second-order valence-electron chi connectivity index (χ2n) is 4.83. The zero-order valence-corrected chi connectivity index (χ0v) is 11.7. The van der Waals surface area contributed by atoms with Crippen molar-refractivity contribution in [2.75, 3.05) is 32.7 Å². The summed E-state index contributed by atoms with van der Waals surface area (Å²) in [5, 5.41) is 10.5. The van der Waals surface area contributed by atoms with Gasteiger partial charge in [0, 0.05) is 26.2 Å². The molecule has 0 spiro atoms. The van der Waals surface area contributed by atoms with Crippen molar-refractivity contribution in [3.8, 4) is 0 Å². The van der Waals surface area contributed by atoms with Crippen molar-refractivity contribution in [1.29, 1.82) is 0 Å². The predicted octanol–water partition coefficient (Wildman–Crippen LogP) is 0.530. The lowest BCUT2D eigenvalue weighted by Gasteiger charge is -2.33. The lowest BCUT2D eigenvalue weighted by Crippen LogP contribution is -2.54. The molecule has 0 radical (unpaired) electrons. The van der Waals surface area contributed by atoms with Crippen LogP contribution in [0.4, 0.5) is 4.79 Å². The number of nitrogens with zero attached hydrogens (tertiary/aromatic N) is 2. The summed E-state index contributed by atoms with van der Waals surface area (Å²) in [6, 6.07) is 9.45. The number of aliphatic carboxylic acids is 1. The van der Waals surface area contributed by atoms with E-state index < -0.39 is 12.1 Å². The summed E-state index contributed by atoms with van der Waals surface area (Å²) in [6.07, 6.45) is -0.495. The van der Waals surface area contributed by atoms with Crippen LogP contribution in [0.3, 0.4) is 0 Å². The van der Waals surface area contributed by atoms with Crippen LogP contribution in [-0.2, 0) is 16.1 Å². The zero-order chi connectivity index (χ0) is 15.1. The first kappa shape index (κ1) is 15.3. The Labute approximate surface area is 123 Å². The summed E-state index contributed by atoms with van der Waals surface area (Å²) in [6.45, 7) is 2.62. The average molecular weight is 293 g/mol. The molecule has 1 aliphatic heterocycles. The van der Waals surface area contributed by atoms with Gasteiger partial charge in [-0.2, -0.15) is 0 Å². The Morgan fingerprint density at radius 1 is 1.14 bits per heavy atom. The fourth-order valence-electron chi connectivity index (χ4n) is 2.09. The third kappa shape index (κ3) is 5.41. The van der Waals surface area contributed by atoms with Crippen LogP contribution >= 0.6 is 0 Å². The van der Waals surface area contributed by atoms with Crippen molar-refractivity contribution in [3.63, 3.8) is 0 Å². The van der Waals surface area contributed by atoms with E-state index in [2.05, 4.69) is 5.43 Å². The van der Waals surface area contributed by atoms with Crippen LogP contribution in [0.5, 0.6) is 0 Å². The van der Waals surface area contributed by atoms with E-state index in [1.54, 1.807) is 5.01 Å². The van der Waals surface area contributed by atoms with E-state index in [0.29, 0.717) is 26.2 Å². The second-order valence-corrected chi connectivity index (χ2v) is 4.83. The standard InChI is InChI=1S/C14H19N3O4/c18-13(19)10-16-6-8-17(9-7-16)15-14(20)21-11-12-4-2-1-3-5-12/h1-5H,6-11H2,(H,15,20)(H,18,19). The number of piperazine rings is 1. The molecule has 1 saturated heterocycles. The number of hydrogen-bond acceptors (Lipinski definition) is 5. The number of hydrazine groups is 1. The Hall–Kier alpha value is -2.12. The van der Waals surface area contributed by atoms with Crippen LogP contribution in [0.1, 0.15) is 5.56 Å². The molecule has 0 unspecified atom stereocenters. The van der Waals surface area contributed by atoms with Crippen LogP contribution in [0.25, 0.3) is 0 Å². The van der Waals surface area contributed by atoms with Crippen LogP contribution in [0.15, 0.2) is 30.3 Å². The maximum Gasteiger partial charge on any atom is 0.422 e. The molecule has 1 heterocycles. The minimum absolute atomic E-state index is 0.0340. The molecule has 1 aromatic rings. The van der Waals surface area contributed by atoms with Crippen LogP contribution < -0.4 is 5.43 Å². The molecule has 0 aliphatic carbocycles. The summed E-state index contributed by atoms with van der Waals surface area (Å²) in [4.78, 5) is 24.1. The number of rotatable bonds is 5. The van der Waals surface area contributed by atoms with Crippen molar-refractivity contribution in [2.45, 2.75) is 6.61 Å². The zero-order valence-electron chi connectivity index (χ0n) is 11.7. The number of hydrogen-bond donors (Lipinski definition) is 2. The summed E-state index contributed by atoms with van der Waals surface area (Å²) < 4.78 is 5.12. The van der Waals surface area contributed by atoms with Crippen molar-refractivity contribution in [2.24, 2.45) is 0 Å². The quantitative estimate of drug-likeness (QED) is 0.824. The van der Waals surface area contributed by atoms with Gasteiger partial charge in [0.1, 0.15) is 6.61 Å². The molecule has 1 amide bonds. The van der Waals surface area contributed by atoms with E-state index in [1.807, 2.05) is 35.2 Å². The minimum atomic E-state index is -0.835. The van der Waals surface area contributed by atoms with Gasteiger partial charge < -0.3 is 9.84 Å². The van der Waals surface area contributed by atoms with Gasteiger partial charge in [-0.25, -0.2) is 9.80 Å². The van der Waals surface area contributed by atoms with Crippen LogP contribution in [-0.4, -0.2) is 59.8 Å². The van der Waals surface area contributed by atoms with Gasteiger partial charge in [0.15, 0.2) is 0 Å². The van der Waals surface area contributed by atoms with Crippen molar-refractivity contribution < 1.29 is 19.4 Å². The van der Waals surface area contributed by atoms with Crippen LogP contribution in [0, 0.1) is 0 Å². The molecule has 2 rings (SSSR count). The summed E-state index contributed by atoms with van der Waals surface area (Å²) in [5.41, 5.74) is 3.59. The molecule has 0 aromatic heterocycles. The number of carbonyl (C=O) groups excluding carboxylic acids is 1. The third-order valence-electron chi connectivity index (χ3n) is 3.19. The fourth-order valence-corrected chi connectivity index (χ4v) is 2.09. The van der Waals surface area contributed by atoms with Gasteiger partial charge in [-0.15, -0.1) is 0 Å². The molecule has 21 heavy (non-hydrogen) atoms. The second kappa shape index (κ2) is 7.61. The Morgan fingerprint density at radius 2 is 1.81 bits per heavy atom. The topological polar surface area (TPSA) is 82.1 Å². The molecule has 1 fully saturated rings. The average Bonchev–Trinajstić information content (AvgIpc) is 2.48. The molecule has 0 saturated carbocycles. The number of carboxylic acids is 1. The number of nitrogens with one attached hydrogen (secondary N) is 1. The highest BCUT2D eigenvalue weighted by Gasteiger charge is 2.20. The lowest BCUT2D eigenvalue weighted by atomic mass is 10.2. The van der Waals surface area contributed by atoms with E-state index in [4.69, 9.17) is 9.84 Å².